The van der Waals surface area contributed by atoms with Crippen LogP contribution in [0, 0.1) is 11.7 Å². The smallest absolute Gasteiger partial charge is 0.326 e. The SMILES string of the molecule is COCCOC(=O)C1C(=O)/C(=C/c2c[nH]c3ncccc23)OC1=Nc1ccc(F)cc1. The van der Waals surface area contributed by atoms with Crippen LogP contribution in [0.3, 0.4) is 0 Å². The standard InChI is InChI=1S/C22H18FN3O5/c1-29-9-10-30-22(28)18-19(27)17(11-13-12-25-20-16(13)3-2-8-24-20)31-21(18)26-15-6-4-14(23)5-7-15/h2-8,11-12,18H,9-10H2,1H3,(H,24,25)/b17-11-,26-21?. The molecule has 3 aromatic rings. The van der Waals surface area contributed by atoms with Gasteiger partial charge in [-0.05, 0) is 42.5 Å². The van der Waals surface area contributed by atoms with Crippen LogP contribution in [0.25, 0.3) is 17.1 Å². The maximum absolute atomic E-state index is 13.2. The van der Waals surface area contributed by atoms with E-state index in [2.05, 4.69) is 15.0 Å². The number of ketones is 1. The van der Waals surface area contributed by atoms with Gasteiger partial charge in [0, 0.05) is 30.5 Å². The number of ether oxygens (including phenoxy) is 3. The lowest BCUT2D eigenvalue weighted by atomic mass is 10.0. The van der Waals surface area contributed by atoms with Gasteiger partial charge in [0.1, 0.15) is 18.1 Å². The van der Waals surface area contributed by atoms with E-state index >= 15 is 0 Å². The van der Waals surface area contributed by atoms with Gasteiger partial charge in [-0.25, -0.2) is 14.4 Å². The first-order valence-electron chi connectivity index (χ1n) is 9.42. The number of pyridine rings is 1. The van der Waals surface area contributed by atoms with Gasteiger partial charge in [0.15, 0.2) is 11.7 Å². The van der Waals surface area contributed by atoms with Crippen molar-refractivity contribution in [1.29, 1.82) is 0 Å². The number of hydrogen-bond acceptors (Lipinski definition) is 7. The highest BCUT2D eigenvalue weighted by Crippen LogP contribution is 2.29. The van der Waals surface area contributed by atoms with Crippen molar-refractivity contribution in [3.8, 4) is 0 Å². The number of rotatable bonds is 6. The van der Waals surface area contributed by atoms with Crippen LogP contribution < -0.4 is 0 Å². The molecule has 2 aromatic heterocycles. The third kappa shape index (κ3) is 4.36. The number of esters is 1. The van der Waals surface area contributed by atoms with E-state index in [1.165, 1.54) is 37.5 Å². The third-order valence-corrected chi connectivity index (χ3v) is 4.57. The van der Waals surface area contributed by atoms with E-state index in [1.807, 2.05) is 6.07 Å². The van der Waals surface area contributed by atoms with E-state index in [9.17, 15) is 14.0 Å². The topological polar surface area (TPSA) is 103 Å². The number of aromatic nitrogens is 2. The van der Waals surface area contributed by atoms with Gasteiger partial charge >= 0.3 is 5.97 Å². The number of benzene rings is 1. The molecule has 0 bridgehead atoms. The van der Waals surface area contributed by atoms with Gasteiger partial charge < -0.3 is 19.2 Å². The molecule has 158 valence electrons. The first-order chi connectivity index (χ1) is 15.1. The van der Waals surface area contributed by atoms with Crippen LogP contribution in [0.4, 0.5) is 10.1 Å². The summed E-state index contributed by atoms with van der Waals surface area (Å²) in [7, 11) is 1.47. The molecule has 0 radical (unpaired) electrons. The summed E-state index contributed by atoms with van der Waals surface area (Å²) in [5.74, 6) is -3.37. The minimum absolute atomic E-state index is 0.0178. The number of methoxy groups -OCH3 is 1. The molecule has 0 spiro atoms. The van der Waals surface area contributed by atoms with Crippen molar-refractivity contribution in [2.75, 3.05) is 20.3 Å². The maximum atomic E-state index is 13.2. The maximum Gasteiger partial charge on any atom is 0.326 e. The van der Waals surface area contributed by atoms with Crippen molar-refractivity contribution in [3.05, 3.63) is 65.9 Å². The molecule has 9 heteroatoms. The van der Waals surface area contributed by atoms with Crippen molar-refractivity contribution >= 4 is 40.4 Å². The molecule has 1 atom stereocenters. The number of aliphatic imine (C=N–C) groups is 1. The molecule has 1 N–H and O–H groups in total. The van der Waals surface area contributed by atoms with Crippen LogP contribution >= 0.6 is 0 Å². The molecule has 1 unspecified atom stereocenters. The second-order valence-corrected chi connectivity index (χ2v) is 6.64. The van der Waals surface area contributed by atoms with Gasteiger partial charge in [-0.3, -0.25) is 9.59 Å². The van der Waals surface area contributed by atoms with Crippen LogP contribution in [0.5, 0.6) is 0 Å². The lowest BCUT2D eigenvalue weighted by molar-refractivity contribution is -0.149. The summed E-state index contributed by atoms with van der Waals surface area (Å²) >= 11 is 0. The molecule has 31 heavy (non-hydrogen) atoms. The van der Waals surface area contributed by atoms with Crippen LogP contribution in [0.2, 0.25) is 0 Å². The highest BCUT2D eigenvalue weighted by molar-refractivity contribution is 6.27. The zero-order valence-electron chi connectivity index (χ0n) is 16.5. The molecule has 0 saturated carbocycles. The van der Waals surface area contributed by atoms with Crippen molar-refractivity contribution < 1.29 is 28.2 Å². The summed E-state index contributed by atoms with van der Waals surface area (Å²) in [6.45, 7) is 0.166. The van der Waals surface area contributed by atoms with E-state index in [4.69, 9.17) is 14.2 Å². The molecule has 3 heterocycles. The summed E-state index contributed by atoms with van der Waals surface area (Å²) in [6, 6.07) is 8.88. The van der Waals surface area contributed by atoms with Crippen molar-refractivity contribution in [1.82, 2.24) is 9.97 Å². The number of halogens is 1. The third-order valence-electron chi connectivity index (χ3n) is 4.57. The Hall–Kier alpha value is -3.85. The number of Topliss-reactive ketones (excluding diaryl/α,β-unsaturated/α-hetero) is 1. The second kappa shape index (κ2) is 8.88. The molecule has 8 nitrogen and oxygen atoms in total. The number of carbonyl (C=O) groups is 2. The van der Waals surface area contributed by atoms with Gasteiger partial charge in [-0.2, -0.15) is 0 Å². The van der Waals surface area contributed by atoms with Crippen LogP contribution in [-0.2, 0) is 23.8 Å². The summed E-state index contributed by atoms with van der Waals surface area (Å²) in [4.78, 5) is 37.0. The first-order valence-corrected chi connectivity index (χ1v) is 9.42. The van der Waals surface area contributed by atoms with Crippen molar-refractivity contribution in [3.63, 3.8) is 0 Å². The molecule has 1 aliphatic rings. The first kappa shape index (κ1) is 20.4. The fraction of sp³-hybridized carbons (Fsp3) is 0.182. The van der Waals surface area contributed by atoms with E-state index in [0.29, 0.717) is 16.9 Å². The number of carbonyl (C=O) groups excluding carboxylic acids is 2. The average Bonchev–Trinajstić information content (AvgIpc) is 3.31. The number of allylic oxidation sites excluding steroid dienone is 1. The van der Waals surface area contributed by atoms with E-state index in [-0.39, 0.29) is 24.9 Å². The molecule has 0 aliphatic carbocycles. The van der Waals surface area contributed by atoms with Gasteiger partial charge in [0.05, 0.1) is 12.3 Å². The molecule has 1 saturated heterocycles. The fourth-order valence-corrected chi connectivity index (χ4v) is 3.06. The minimum Gasteiger partial charge on any atom is -0.462 e. The van der Waals surface area contributed by atoms with Crippen molar-refractivity contribution in [2.45, 2.75) is 0 Å². The van der Waals surface area contributed by atoms with Gasteiger partial charge in [-0.1, -0.05) is 0 Å². The number of nitrogens with zero attached hydrogens (tertiary/aromatic N) is 2. The Labute approximate surface area is 176 Å². The summed E-state index contributed by atoms with van der Waals surface area (Å²) in [6.07, 6.45) is 4.85. The zero-order chi connectivity index (χ0) is 21.8. The number of H-pyrrole nitrogens is 1. The molecule has 4 rings (SSSR count). The lowest BCUT2D eigenvalue weighted by Gasteiger charge is -2.08. The van der Waals surface area contributed by atoms with Crippen LogP contribution in [0.15, 0.2) is 59.5 Å². The number of hydrogen-bond donors (Lipinski definition) is 1. The highest BCUT2D eigenvalue weighted by atomic mass is 19.1. The molecule has 1 fully saturated rings. The number of aromatic amines is 1. The largest absolute Gasteiger partial charge is 0.462 e. The molecular weight excluding hydrogens is 405 g/mol. The van der Waals surface area contributed by atoms with E-state index in [0.717, 1.165) is 5.39 Å². The summed E-state index contributed by atoms with van der Waals surface area (Å²) in [5.41, 5.74) is 1.65. The Morgan fingerprint density at radius 2 is 2.10 bits per heavy atom. The molecular formula is C22H18FN3O5. The van der Waals surface area contributed by atoms with E-state index < -0.39 is 23.5 Å². The quantitative estimate of drug-likeness (QED) is 0.283. The van der Waals surface area contributed by atoms with Crippen LogP contribution in [0.1, 0.15) is 5.56 Å². The molecule has 0 amide bonds. The number of nitrogens with one attached hydrogen (secondary N) is 1. The molecule has 1 aliphatic heterocycles. The average molecular weight is 423 g/mol. The zero-order valence-corrected chi connectivity index (χ0v) is 16.5. The minimum atomic E-state index is -1.36. The predicted octanol–water partition coefficient (Wildman–Crippen LogP) is 3.18. The molecule has 1 aromatic carbocycles. The van der Waals surface area contributed by atoms with Gasteiger partial charge in [0.25, 0.3) is 0 Å². The normalized spacial score (nSPS) is 18.6. The second-order valence-electron chi connectivity index (χ2n) is 6.64. The Kier molecular flexibility index (Phi) is 5.85. The fourth-order valence-electron chi connectivity index (χ4n) is 3.06. The Morgan fingerprint density at radius 3 is 2.87 bits per heavy atom. The Bertz CT molecular complexity index is 1180. The predicted molar refractivity (Wildman–Crippen MR) is 110 cm³/mol. The van der Waals surface area contributed by atoms with Crippen LogP contribution in [-0.4, -0.2) is 47.9 Å². The van der Waals surface area contributed by atoms with Gasteiger partial charge in [-0.15, -0.1) is 0 Å². The van der Waals surface area contributed by atoms with Crippen molar-refractivity contribution in [2.24, 2.45) is 10.9 Å². The summed E-state index contributed by atoms with van der Waals surface area (Å²) < 4.78 is 28.9. The van der Waals surface area contributed by atoms with Gasteiger partial charge in [0.2, 0.25) is 11.7 Å². The van der Waals surface area contributed by atoms with E-state index in [1.54, 1.807) is 18.5 Å². The Morgan fingerprint density at radius 1 is 1.29 bits per heavy atom. The Balaban J connectivity index is 1.69. The lowest BCUT2D eigenvalue weighted by Crippen LogP contribution is -2.28. The summed E-state index contributed by atoms with van der Waals surface area (Å²) in [5, 5.41) is 0.787. The highest BCUT2D eigenvalue weighted by Gasteiger charge is 2.44. The monoisotopic (exact) mass is 423 g/mol. The number of fused-ring (bicyclic) bond motifs is 1.